The SMILES string of the molecule is COc1ccc(N2CCCCS2(=O)=O)cc1Cl. The lowest BCUT2D eigenvalue weighted by atomic mass is 10.2. The molecule has 6 heteroatoms. The summed E-state index contributed by atoms with van der Waals surface area (Å²) >= 11 is 6.00. The molecule has 0 unspecified atom stereocenters. The van der Waals surface area contributed by atoms with E-state index in [2.05, 4.69) is 0 Å². The van der Waals surface area contributed by atoms with Crippen molar-refractivity contribution in [1.82, 2.24) is 0 Å². The number of ether oxygens (including phenoxy) is 1. The van der Waals surface area contributed by atoms with Crippen LogP contribution in [0.1, 0.15) is 12.8 Å². The molecule has 1 aromatic rings. The van der Waals surface area contributed by atoms with E-state index in [0.717, 1.165) is 12.8 Å². The Morgan fingerprint density at radius 3 is 2.71 bits per heavy atom. The molecule has 1 saturated heterocycles. The number of methoxy groups -OCH3 is 1. The largest absolute Gasteiger partial charge is 0.495 e. The van der Waals surface area contributed by atoms with Gasteiger partial charge < -0.3 is 4.74 Å². The highest BCUT2D eigenvalue weighted by Crippen LogP contribution is 2.31. The third kappa shape index (κ3) is 2.50. The summed E-state index contributed by atoms with van der Waals surface area (Å²) < 4.78 is 30.3. The van der Waals surface area contributed by atoms with Crippen molar-refractivity contribution < 1.29 is 13.2 Å². The van der Waals surface area contributed by atoms with Gasteiger partial charge in [0.05, 0.1) is 23.6 Å². The zero-order valence-corrected chi connectivity index (χ0v) is 11.1. The van der Waals surface area contributed by atoms with Crippen LogP contribution in [0, 0.1) is 0 Å². The maximum absolute atomic E-state index is 11.9. The molecule has 0 aromatic heterocycles. The van der Waals surface area contributed by atoms with Crippen LogP contribution in [0.4, 0.5) is 5.69 Å². The number of sulfonamides is 1. The van der Waals surface area contributed by atoms with E-state index in [1.54, 1.807) is 18.2 Å². The Hall–Kier alpha value is -0.940. The van der Waals surface area contributed by atoms with Crippen LogP contribution in [-0.4, -0.2) is 27.8 Å². The molecule has 0 aliphatic carbocycles. The molecule has 94 valence electrons. The predicted molar refractivity (Wildman–Crippen MR) is 68.4 cm³/mol. The van der Waals surface area contributed by atoms with Crippen LogP contribution >= 0.6 is 11.6 Å². The first-order valence-electron chi connectivity index (χ1n) is 5.38. The van der Waals surface area contributed by atoms with Crippen molar-refractivity contribution in [3.8, 4) is 5.75 Å². The first-order valence-corrected chi connectivity index (χ1v) is 7.37. The fourth-order valence-electron chi connectivity index (χ4n) is 1.89. The molecule has 4 nitrogen and oxygen atoms in total. The van der Waals surface area contributed by atoms with Crippen molar-refractivity contribution >= 4 is 27.3 Å². The minimum absolute atomic E-state index is 0.205. The van der Waals surface area contributed by atoms with Crippen molar-refractivity contribution in [2.75, 3.05) is 23.7 Å². The van der Waals surface area contributed by atoms with E-state index in [4.69, 9.17) is 16.3 Å². The molecule has 0 spiro atoms. The van der Waals surface area contributed by atoms with Gasteiger partial charge in [0.2, 0.25) is 10.0 Å². The molecule has 0 N–H and O–H groups in total. The molecule has 1 heterocycles. The summed E-state index contributed by atoms with van der Waals surface area (Å²) in [5.74, 6) is 0.751. The third-order valence-electron chi connectivity index (χ3n) is 2.77. The smallest absolute Gasteiger partial charge is 0.235 e. The van der Waals surface area contributed by atoms with E-state index in [9.17, 15) is 8.42 Å². The minimum atomic E-state index is -3.18. The highest BCUT2D eigenvalue weighted by molar-refractivity contribution is 7.92. The summed E-state index contributed by atoms with van der Waals surface area (Å²) in [4.78, 5) is 0. The lowest BCUT2D eigenvalue weighted by molar-refractivity contribution is 0.415. The molecule has 1 aliphatic heterocycles. The molecule has 0 saturated carbocycles. The Morgan fingerprint density at radius 2 is 2.12 bits per heavy atom. The maximum Gasteiger partial charge on any atom is 0.235 e. The van der Waals surface area contributed by atoms with Crippen LogP contribution in [0.25, 0.3) is 0 Å². The molecule has 0 amide bonds. The van der Waals surface area contributed by atoms with E-state index in [0.29, 0.717) is 23.0 Å². The predicted octanol–water partition coefficient (Wildman–Crippen LogP) is 2.28. The van der Waals surface area contributed by atoms with Gasteiger partial charge in [-0.2, -0.15) is 0 Å². The van der Waals surface area contributed by atoms with Crippen molar-refractivity contribution in [1.29, 1.82) is 0 Å². The van der Waals surface area contributed by atoms with Crippen molar-refractivity contribution in [3.05, 3.63) is 23.2 Å². The number of hydrogen-bond acceptors (Lipinski definition) is 3. The van der Waals surface area contributed by atoms with E-state index >= 15 is 0 Å². The molecular weight excluding hydrogens is 262 g/mol. The molecule has 17 heavy (non-hydrogen) atoms. The highest BCUT2D eigenvalue weighted by atomic mass is 35.5. The van der Waals surface area contributed by atoms with Gasteiger partial charge in [-0.15, -0.1) is 0 Å². The molecule has 1 aromatic carbocycles. The first-order chi connectivity index (χ1) is 8.04. The second kappa shape index (κ2) is 4.74. The van der Waals surface area contributed by atoms with Crippen LogP contribution in [0.3, 0.4) is 0 Å². The number of halogens is 1. The molecule has 1 fully saturated rings. The van der Waals surface area contributed by atoms with Gasteiger partial charge in [-0.1, -0.05) is 11.6 Å². The van der Waals surface area contributed by atoms with Gasteiger partial charge in [0, 0.05) is 6.54 Å². The molecule has 2 rings (SSSR count). The number of anilines is 1. The summed E-state index contributed by atoms with van der Waals surface area (Å²) in [6.45, 7) is 0.519. The summed E-state index contributed by atoms with van der Waals surface area (Å²) in [5.41, 5.74) is 0.607. The number of benzene rings is 1. The van der Waals surface area contributed by atoms with Gasteiger partial charge in [-0.25, -0.2) is 8.42 Å². The normalized spacial score (nSPS) is 19.1. The van der Waals surface area contributed by atoms with Crippen LogP contribution in [-0.2, 0) is 10.0 Å². The minimum Gasteiger partial charge on any atom is -0.495 e. The Morgan fingerprint density at radius 1 is 1.35 bits per heavy atom. The van der Waals surface area contributed by atoms with E-state index in [1.165, 1.54) is 11.4 Å². The number of hydrogen-bond donors (Lipinski definition) is 0. The lowest BCUT2D eigenvalue weighted by Gasteiger charge is -2.28. The Kier molecular flexibility index (Phi) is 3.49. The van der Waals surface area contributed by atoms with Gasteiger partial charge in [-0.3, -0.25) is 4.31 Å². The van der Waals surface area contributed by atoms with Crippen molar-refractivity contribution in [2.24, 2.45) is 0 Å². The fraction of sp³-hybridized carbons (Fsp3) is 0.455. The quantitative estimate of drug-likeness (QED) is 0.832. The topological polar surface area (TPSA) is 46.6 Å². The average molecular weight is 276 g/mol. The molecule has 0 bridgehead atoms. The van der Waals surface area contributed by atoms with Gasteiger partial charge in [-0.05, 0) is 31.0 Å². The maximum atomic E-state index is 11.9. The van der Waals surface area contributed by atoms with E-state index in [1.807, 2.05) is 0 Å². The standard InChI is InChI=1S/C11H14ClNO3S/c1-16-11-5-4-9(8-10(11)12)13-6-2-3-7-17(13,14)15/h4-5,8H,2-3,6-7H2,1H3. The van der Waals surface area contributed by atoms with Gasteiger partial charge in [0.1, 0.15) is 5.75 Å². The van der Waals surface area contributed by atoms with Gasteiger partial charge in [0.25, 0.3) is 0 Å². The zero-order chi connectivity index (χ0) is 12.5. The average Bonchev–Trinajstić information content (AvgIpc) is 2.28. The van der Waals surface area contributed by atoms with Crippen LogP contribution in [0.2, 0.25) is 5.02 Å². The molecule has 0 atom stereocenters. The first kappa shape index (κ1) is 12.5. The second-order valence-electron chi connectivity index (χ2n) is 3.91. The Bertz CT molecular complexity index is 515. The number of nitrogens with zero attached hydrogens (tertiary/aromatic N) is 1. The Labute approximate surface area is 106 Å². The van der Waals surface area contributed by atoms with Crippen LogP contribution < -0.4 is 9.04 Å². The van der Waals surface area contributed by atoms with E-state index < -0.39 is 10.0 Å². The summed E-state index contributed by atoms with van der Waals surface area (Å²) in [7, 11) is -1.65. The van der Waals surface area contributed by atoms with E-state index in [-0.39, 0.29) is 5.75 Å². The van der Waals surface area contributed by atoms with Crippen molar-refractivity contribution in [2.45, 2.75) is 12.8 Å². The number of rotatable bonds is 2. The summed E-state index contributed by atoms with van der Waals surface area (Å²) in [6.07, 6.45) is 1.60. The Balaban J connectivity index is 2.36. The highest BCUT2D eigenvalue weighted by Gasteiger charge is 2.26. The third-order valence-corrected chi connectivity index (χ3v) is 4.94. The second-order valence-corrected chi connectivity index (χ2v) is 6.33. The fourth-order valence-corrected chi connectivity index (χ4v) is 3.77. The van der Waals surface area contributed by atoms with Gasteiger partial charge >= 0.3 is 0 Å². The lowest BCUT2D eigenvalue weighted by Crippen LogP contribution is -2.37. The van der Waals surface area contributed by atoms with Crippen LogP contribution in [0.15, 0.2) is 18.2 Å². The zero-order valence-electron chi connectivity index (χ0n) is 9.52. The van der Waals surface area contributed by atoms with Gasteiger partial charge in [0.15, 0.2) is 0 Å². The van der Waals surface area contributed by atoms with Crippen LogP contribution in [0.5, 0.6) is 5.75 Å². The molecular formula is C11H14ClNO3S. The molecule has 0 radical (unpaired) electrons. The summed E-state index contributed by atoms with van der Waals surface area (Å²) in [5, 5.41) is 0.422. The van der Waals surface area contributed by atoms with Crippen molar-refractivity contribution in [3.63, 3.8) is 0 Å². The monoisotopic (exact) mass is 275 g/mol. The molecule has 1 aliphatic rings. The summed E-state index contributed by atoms with van der Waals surface area (Å²) in [6, 6.07) is 5.03.